The molecule has 3 heteroatoms. The Morgan fingerprint density at radius 1 is 1.21 bits per heavy atom. The predicted molar refractivity (Wildman–Crippen MR) is 80.5 cm³/mol. The van der Waals surface area contributed by atoms with Crippen LogP contribution >= 0.6 is 0 Å². The topological polar surface area (TPSA) is 24.5 Å². The van der Waals surface area contributed by atoms with Crippen LogP contribution in [-0.2, 0) is 4.74 Å². The fourth-order valence-corrected chi connectivity index (χ4v) is 3.69. The van der Waals surface area contributed by atoms with Crippen molar-refractivity contribution in [3.63, 3.8) is 0 Å². The Morgan fingerprint density at radius 2 is 1.95 bits per heavy atom. The first-order valence-electron chi connectivity index (χ1n) is 8.11. The van der Waals surface area contributed by atoms with Gasteiger partial charge in [0.25, 0.3) is 0 Å². The van der Waals surface area contributed by atoms with Gasteiger partial charge in [-0.25, -0.2) is 0 Å². The van der Waals surface area contributed by atoms with Crippen molar-refractivity contribution in [3.05, 3.63) is 0 Å². The fourth-order valence-electron chi connectivity index (χ4n) is 3.69. The first kappa shape index (κ1) is 15.3. The van der Waals surface area contributed by atoms with Crippen LogP contribution in [0.1, 0.15) is 52.4 Å². The molecule has 0 radical (unpaired) electrons. The SMILES string of the molecule is COCCCN1CC(C2CCCCC2)NCC1(C)C. The van der Waals surface area contributed by atoms with Gasteiger partial charge in [0.2, 0.25) is 0 Å². The molecular formula is C16H32N2O. The second-order valence-corrected chi connectivity index (χ2v) is 6.99. The Kier molecular flexibility index (Phi) is 5.67. The maximum Gasteiger partial charge on any atom is 0.0474 e. The van der Waals surface area contributed by atoms with Crippen molar-refractivity contribution in [2.24, 2.45) is 5.92 Å². The number of rotatable bonds is 5. The van der Waals surface area contributed by atoms with Gasteiger partial charge in [0.05, 0.1) is 0 Å². The zero-order valence-electron chi connectivity index (χ0n) is 13.1. The molecule has 112 valence electrons. The van der Waals surface area contributed by atoms with E-state index in [-0.39, 0.29) is 0 Å². The van der Waals surface area contributed by atoms with Gasteiger partial charge < -0.3 is 10.1 Å². The van der Waals surface area contributed by atoms with E-state index >= 15 is 0 Å². The summed E-state index contributed by atoms with van der Waals surface area (Å²) >= 11 is 0. The van der Waals surface area contributed by atoms with Gasteiger partial charge in [0, 0.05) is 44.9 Å². The summed E-state index contributed by atoms with van der Waals surface area (Å²) in [6, 6.07) is 0.718. The van der Waals surface area contributed by atoms with Gasteiger partial charge in [0.1, 0.15) is 0 Å². The fraction of sp³-hybridized carbons (Fsp3) is 1.00. The Bertz CT molecular complexity index is 261. The molecule has 1 saturated carbocycles. The van der Waals surface area contributed by atoms with E-state index in [0.717, 1.165) is 31.5 Å². The molecule has 0 aromatic heterocycles. The van der Waals surface area contributed by atoms with E-state index in [1.165, 1.54) is 45.2 Å². The van der Waals surface area contributed by atoms with E-state index in [1.807, 2.05) is 0 Å². The zero-order valence-corrected chi connectivity index (χ0v) is 13.1. The van der Waals surface area contributed by atoms with Crippen LogP contribution in [0, 0.1) is 5.92 Å². The van der Waals surface area contributed by atoms with Gasteiger partial charge in [-0.3, -0.25) is 4.90 Å². The largest absolute Gasteiger partial charge is 0.385 e. The van der Waals surface area contributed by atoms with Crippen molar-refractivity contribution in [3.8, 4) is 0 Å². The highest BCUT2D eigenvalue weighted by Crippen LogP contribution is 2.30. The molecule has 2 aliphatic rings. The lowest BCUT2D eigenvalue weighted by atomic mass is 9.81. The summed E-state index contributed by atoms with van der Waals surface area (Å²) in [5, 5.41) is 3.83. The molecule has 3 nitrogen and oxygen atoms in total. The first-order valence-corrected chi connectivity index (χ1v) is 8.11. The second kappa shape index (κ2) is 7.05. The number of hydrogen-bond acceptors (Lipinski definition) is 3. The van der Waals surface area contributed by atoms with Crippen LogP contribution in [0.4, 0.5) is 0 Å². The van der Waals surface area contributed by atoms with Gasteiger partial charge in [-0.15, -0.1) is 0 Å². The number of methoxy groups -OCH3 is 1. The molecule has 1 aliphatic heterocycles. The molecule has 0 aromatic rings. The molecule has 2 rings (SSSR count). The summed E-state index contributed by atoms with van der Waals surface area (Å²) < 4.78 is 5.20. The van der Waals surface area contributed by atoms with Crippen molar-refractivity contribution in [2.75, 3.05) is 33.4 Å². The summed E-state index contributed by atoms with van der Waals surface area (Å²) in [7, 11) is 1.80. The molecule has 0 aromatic carbocycles. The second-order valence-electron chi connectivity index (χ2n) is 6.99. The van der Waals surface area contributed by atoms with Crippen LogP contribution < -0.4 is 5.32 Å². The van der Waals surface area contributed by atoms with E-state index in [9.17, 15) is 0 Å². The Balaban J connectivity index is 1.87. The van der Waals surface area contributed by atoms with Crippen LogP contribution in [0.2, 0.25) is 0 Å². The third-order valence-electron chi connectivity index (χ3n) is 5.07. The third kappa shape index (κ3) is 4.17. The Hall–Kier alpha value is -0.120. The summed E-state index contributed by atoms with van der Waals surface area (Å²) in [5.41, 5.74) is 0.291. The molecule has 19 heavy (non-hydrogen) atoms. The molecule has 0 amide bonds. The number of nitrogens with zero attached hydrogens (tertiary/aromatic N) is 1. The quantitative estimate of drug-likeness (QED) is 0.776. The summed E-state index contributed by atoms with van der Waals surface area (Å²) in [6.07, 6.45) is 8.35. The van der Waals surface area contributed by atoms with Gasteiger partial charge >= 0.3 is 0 Å². The average Bonchev–Trinajstić information content (AvgIpc) is 2.42. The lowest BCUT2D eigenvalue weighted by Crippen LogP contribution is -2.63. The number of piperazine rings is 1. The van der Waals surface area contributed by atoms with E-state index in [2.05, 4.69) is 24.1 Å². The lowest BCUT2D eigenvalue weighted by molar-refractivity contribution is 0.0370. The molecule has 1 aliphatic carbocycles. The average molecular weight is 268 g/mol. The minimum Gasteiger partial charge on any atom is -0.385 e. The minimum atomic E-state index is 0.291. The van der Waals surface area contributed by atoms with Crippen LogP contribution in [0.15, 0.2) is 0 Å². The van der Waals surface area contributed by atoms with Gasteiger partial charge in [-0.1, -0.05) is 19.3 Å². The smallest absolute Gasteiger partial charge is 0.0474 e. The Morgan fingerprint density at radius 3 is 2.63 bits per heavy atom. The van der Waals surface area contributed by atoms with Crippen LogP contribution in [0.3, 0.4) is 0 Å². The number of ether oxygens (including phenoxy) is 1. The van der Waals surface area contributed by atoms with Crippen LogP contribution in [0.25, 0.3) is 0 Å². The standard InChI is InChI=1S/C16H32N2O/c1-16(2)13-17-15(14-8-5-4-6-9-14)12-18(16)10-7-11-19-3/h14-15,17H,4-13H2,1-3H3. The molecule has 1 N–H and O–H groups in total. The van der Waals surface area contributed by atoms with Gasteiger partial charge in [-0.2, -0.15) is 0 Å². The third-order valence-corrected chi connectivity index (χ3v) is 5.07. The minimum absolute atomic E-state index is 0.291. The number of nitrogens with one attached hydrogen (secondary N) is 1. The van der Waals surface area contributed by atoms with Crippen LogP contribution in [-0.4, -0.2) is 49.8 Å². The van der Waals surface area contributed by atoms with Crippen molar-refractivity contribution < 1.29 is 4.74 Å². The summed E-state index contributed by atoms with van der Waals surface area (Å²) in [4.78, 5) is 2.68. The number of hydrogen-bond donors (Lipinski definition) is 1. The highest BCUT2D eigenvalue weighted by molar-refractivity contribution is 4.95. The molecule has 1 saturated heterocycles. The van der Waals surface area contributed by atoms with Crippen molar-refractivity contribution in [2.45, 2.75) is 64.0 Å². The van der Waals surface area contributed by atoms with E-state index < -0.39 is 0 Å². The van der Waals surface area contributed by atoms with Gasteiger partial charge in [-0.05, 0) is 39.0 Å². The molecule has 2 fully saturated rings. The van der Waals surface area contributed by atoms with Gasteiger partial charge in [0.15, 0.2) is 0 Å². The van der Waals surface area contributed by atoms with Crippen molar-refractivity contribution >= 4 is 0 Å². The summed E-state index contributed by atoms with van der Waals surface area (Å²) in [5.74, 6) is 0.912. The molecule has 1 unspecified atom stereocenters. The summed E-state index contributed by atoms with van der Waals surface area (Å²) in [6.45, 7) is 9.14. The zero-order chi connectivity index (χ0) is 13.7. The van der Waals surface area contributed by atoms with E-state index in [4.69, 9.17) is 4.74 Å². The maximum absolute atomic E-state index is 5.20. The maximum atomic E-state index is 5.20. The molecule has 1 heterocycles. The van der Waals surface area contributed by atoms with Crippen molar-refractivity contribution in [1.82, 2.24) is 10.2 Å². The highest BCUT2D eigenvalue weighted by Gasteiger charge is 2.36. The predicted octanol–water partition coefficient (Wildman–Crippen LogP) is 2.66. The van der Waals surface area contributed by atoms with E-state index in [1.54, 1.807) is 7.11 Å². The van der Waals surface area contributed by atoms with Crippen molar-refractivity contribution in [1.29, 1.82) is 0 Å². The molecule has 1 atom stereocenters. The molecular weight excluding hydrogens is 236 g/mol. The molecule has 0 bridgehead atoms. The highest BCUT2D eigenvalue weighted by atomic mass is 16.5. The Labute approximate surface area is 119 Å². The lowest BCUT2D eigenvalue weighted by Gasteiger charge is -2.48. The van der Waals surface area contributed by atoms with E-state index in [0.29, 0.717) is 5.54 Å². The monoisotopic (exact) mass is 268 g/mol. The van der Waals surface area contributed by atoms with Crippen LogP contribution in [0.5, 0.6) is 0 Å². The molecule has 0 spiro atoms. The first-order chi connectivity index (χ1) is 9.13. The normalized spacial score (nSPS) is 29.5.